The molecule has 4 nitrogen and oxygen atoms in total. The molecule has 0 spiro atoms. The van der Waals surface area contributed by atoms with Gasteiger partial charge in [0.05, 0.1) is 11.9 Å². The zero-order valence-electron chi connectivity index (χ0n) is 8.97. The molecule has 0 radical (unpaired) electrons. The molecule has 0 bridgehead atoms. The Labute approximate surface area is 100 Å². The lowest BCUT2D eigenvalue weighted by Gasteiger charge is -2.20. The van der Waals surface area contributed by atoms with Gasteiger partial charge in [0.2, 0.25) is 0 Å². The Kier molecular flexibility index (Phi) is 3.36. The number of nitrogens with zero attached hydrogens (tertiary/aromatic N) is 2. The molecule has 2 heterocycles. The Hall–Kier alpha value is -1.20. The second kappa shape index (κ2) is 4.76. The Morgan fingerprint density at radius 2 is 2.50 bits per heavy atom. The van der Waals surface area contributed by atoms with Crippen LogP contribution in [0.5, 0.6) is 0 Å². The van der Waals surface area contributed by atoms with Crippen LogP contribution in [0.25, 0.3) is 0 Å². The first kappa shape index (κ1) is 11.3. The Morgan fingerprint density at radius 1 is 1.69 bits per heavy atom. The average Bonchev–Trinajstić information content (AvgIpc) is 2.77. The van der Waals surface area contributed by atoms with Crippen LogP contribution in [0.15, 0.2) is 18.5 Å². The van der Waals surface area contributed by atoms with Gasteiger partial charge in [0.15, 0.2) is 0 Å². The average molecular weight is 237 g/mol. The molecule has 0 aliphatic carbocycles. The smallest absolute Gasteiger partial charge is 0.106 e. The molecule has 1 aromatic heterocycles. The van der Waals surface area contributed by atoms with Gasteiger partial charge in [-0.1, -0.05) is 12.2 Å². The molecule has 1 atom stereocenters. The van der Waals surface area contributed by atoms with Crippen molar-refractivity contribution in [2.24, 2.45) is 11.7 Å². The summed E-state index contributed by atoms with van der Waals surface area (Å²) < 4.78 is 0. The molecule has 1 aliphatic rings. The van der Waals surface area contributed by atoms with Crippen molar-refractivity contribution in [2.45, 2.75) is 6.42 Å². The van der Waals surface area contributed by atoms with Crippen LogP contribution >= 0.6 is 12.2 Å². The fraction of sp³-hybridized carbons (Fsp3) is 0.455. The van der Waals surface area contributed by atoms with E-state index in [0.29, 0.717) is 10.9 Å². The Morgan fingerprint density at radius 3 is 3.12 bits per heavy atom. The first-order valence-electron chi connectivity index (χ1n) is 5.32. The monoisotopic (exact) mass is 237 g/mol. The van der Waals surface area contributed by atoms with Crippen LogP contribution in [-0.4, -0.2) is 34.8 Å². The lowest BCUT2D eigenvalue weighted by molar-refractivity contribution is 0.238. The van der Waals surface area contributed by atoms with Gasteiger partial charge in [-0.25, -0.2) is 0 Å². The van der Waals surface area contributed by atoms with Crippen LogP contribution in [0.1, 0.15) is 12.0 Å². The fourth-order valence-corrected chi connectivity index (χ4v) is 2.22. The normalized spacial score (nSPS) is 20.1. The molecule has 5 heteroatoms. The summed E-state index contributed by atoms with van der Waals surface area (Å²) in [6.45, 7) is 2.00. The molecule has 2 rings (SSSR count). The molecular weight excluding hydrogens is 222 g/mol. The van der Waals surface area contributed by atoms with Crippen molar-refractivity contribution in [1.82, 2.24) is 4.98 Å². The van der Waals surface area contributed by atoms with E-state index in [0.717, 1.165) is 30.8 Å². The molecule has 0 saturated carbocycles. The molecule has 1 unspecified atom stereocenters. The summed E-state index contributed by atoms with van der Waals surface area (Å²) >= 11 is 5.02. The van der Waals surface area contributed by atoms with Crippen molar-refractivity contribution in [3.8, 4) is 0 Å². The minimum Gasteiger partial charge on any atom is -0.396 e. The van der Waals surface area contributed by atoms with Crippen molar-refractivity contribution in [3.63, 3.8) is 0 Å². The summed E-state index contributed by atoms with van der Waals surface area (Å²) in [7, 11) is 0. The number of hydrogen-bond acceptors (Lipinski definition) is 4. The first-order chi connectivity index (χ1) is 7.72. The van der Waals surface area contributed by atoms with Gasteiger partial charge in [0.1, 0.15) is 4.99 Å². The topological polar surface area (TPSA) is 62.4 Å². The van der Waals surface area contributed by atoms with Gasteiger partial charge in [0.25, 0.3) is 0 Å². The summed E-state index contributed by atoms with van der Waals surface area (Å²) in [6.07, 6.45) is 4.48. The van der Waals surface area contributed by atoms with E-state index in [1.165, 1.54) is 0 Å². The summed E-state index contributed by atoms with van der Waals surface area (Å²) in [6, 6.07) is 1.84. The third-order valence-electron chi connectivity index (χ3n) is 2.95. The summed E-state index contributed by atoms with van der Waals surface area (Å²) in [5.74, 6) is 0.347. The van der Waals surface area contributed by atoms with Gasteiger partial charge in [-0.05, 0) is 12.5 Å². The van der Waals surface area contributed by atoms with E-state index in [1.54, 1.807) is 12.4 Å². The zero-order chi connectivity index (χ0) is 11.5. The van der Waals surface area contributed by atoms with Crippen molar-refractivity contribution in [2.75, 3.05) is 24.6 Å². The minimum atomic E-state index is 0.235. The molecule has 1 saturated heterocycles. The summed E-state index contributed by atoms with van der Waals surface area (Å²) in [4.78, 5) is 6.68. The highest BCUT2D eigenvalue weighted by atomic mass is 32.1. The molecule has 86 valence electrons. The minimum absolute atomic E-state index is 0.235. The van der Waals surface area contributed by atoms with Crippen LogP contribution in [0, 0.1) is 5.92 Å². The quantitative estimate of drug-likeness (QED) is 0.751. The van der Waals surface area contributed by atoms with Gasteiger partial charge >= 0.3 is 0 Å². The lowest BCUT2D eigenvalue weighted by atomic mass is 10.1. The third-order valence-corrected chi connectivity index (χ3v) is 3.17. The van der Waals surface area contributed by atoms with Gasteiger partial charge in [0, 0.05) is 37.4 Å². The highest BCUT2D eigenvalue weighted by Gasteiger charge is 2.24. The van der Waals surface area contributed by atoms with E-state index in [1.807, 2.05) is 6.07 Å². The van der Waals surface area contributed by atoms with E-state index < -0.39 is 0 Å². The number of thiocarbonyl (C=S) groups is 1. The Balaban J connectivity index is 2.24. The maximum absolute atomic E-state index is 9.12. The second-order valence-corrected chi connectivity index (χ2v) is 4.48. The number of aliphatic hydroxyl groups excluding tert-OH is 1. The number of hydrogen-bond donors (Lipinski definition) is 2. The number of nitrogens with two attached hydrogens (primary N) is 1. The van der Waals surface area contributed by atoms with Crippen molar-refractivity contribution in [1.29, 1.82) is 0 Å². The Bertz CT molecular complexity index is 397. The van der Waals surface area contributed by atoms with Crippen LogP contribution in [0.3, 0.4) is 0 Å². The lowest BCUT2D eigenvalue weighted by Crippen LogP contribution is -2.24. The largest absolute Gasteiger partial charge is 0.396 e. The zero-order valence-corrected chi connectivity index (χ0v) is 9.78. The van der Waals surface area contributed by atoms with Crippen molar-refractivity contribution >= 4 is 22.9 Å². The highest BCUT2D eigenvalue weighted by Crippen LogP contribution is 2.25. The van der Waals surface area contributed by atoms with E-state index in [9.17, 15) is 0 Å². The SMILES string of the molecule is NC(=S)c1ccncc1N1CCC(CO)C1. The maximum Gasteiger partial charge on any atom is 0.106 e. The van der Waals surface area contributed by atoms with E-state index in [-0.39, 0.29) is 6.61 Å². The van der Waals surface area contributed by atoms with Crippen LogP contribution in [-0.2, 0) is 0 Å². The molecule has 1 aromatic rings. The first-order valence-corrected chi connectivity index (χ1v) is 5.73. The maximum atomic E-state index is 9.12. The molecule has 1 fully saturated rings. The van der Waals surface area contributed by atoms with E-state index in [2.05, 4.69) is 9.88 Å². The summed E-state index contributed by atoms with van der Waals surface area (Å²) in [5, 5.41) is 9.12. The number of aliphatic hydroxyl groups is 1. The number of pyridine rings is 1. The fourth-order valence-electron chi connectivity index (χ4n) is 2.05. The molecule has 0 aromatic carbocycles. The standard InChI is InChI=1S/C11H15N3OS/c12-11(16)9-1-3-13-5-10(9)14-4-2-8(6-14)7-15/h1,3,5,8,15H,2,4,6-7H2,(H2,12,16). The van der Waals surface area contributed by atoms with Gasteiger partial charge in [-0.2, -0.15) is 0 Å². The molecule has 3 N–H and O–H groups in total. The van der Waals surface area contributed by atoms with Crippen LogP contribution < -0.4 is 10.6 Å². The number of aromatic nitrogens is 1. The highest BCUT2D eigenvalue weighted by molar-refractivity contribution is 7.80. The van der Waals surface area contributed by atoms with E-state index >= 15 is 0 Å². The molecule has 0 amide bonds. The molecular formula is C11H15N3OS. The number of rotatable bonds is 3. The van der Waals surface area contributed by atoms with Gasteiger partial charge < -0.3 is 15.7 Å². The van der Waals surface area contributed by atoms with Crippen LogP contribution in [0.4, 0.5) is 5.69 Å². The predicted octanol–water partition coefficient (Wildman–Crippen LogP) is 0.534. The number of anilines is 1. The van der Waals surface area contributed by atoms with Crippen molar-refractivity contribution in [3.05, 3.63) is 24.0 Å². The predicted molar refractivity (Wildman–Crippen MR) is 67.5 cm³/mol. The second-order valence-electron chi connectivity index (χ2n) is 4.04. The molecule has 1 aliphatic heterocycles. The van der Waals surface area contributed by atoms with Crippen LogP contribution in [0.2, 0.25) is 0 Å². The van der Waals surface area contributed by atoms with Crippen molar-refractivity contribution < 1.29 is 5.11 Å². The third kappa shape index (κ3) is 2.15. The van der Waals surface area contributed by atoms with Gasteiger partial charge in [-0.3, -0.25) is 4.98 Å². The summed E-state index contributed by atoms with van der Waals surface area (Å²) in [5.41, 5.74) is 7.52. The van der Waals surface area contributed by atoms with E-state index in [4.69, 9.17) is 23.1 Å². The van der Waals surface area contributed by atoms with Gasteiger partial charge in [-0.15, -0.1) is 0 Å². The molecule has 16 heavy (non-hydrogen) atoms.